The number of nitrogens with one attached hydrogen (secondary N) is 3. The average Bonchev–Trinajstić information content (AvgIpc) is 1.61. The van der Waals surface area contributed by atoms with Crippen LogP contribution in [0.1, 0.15) is 146 Å². The Labute approximate surface area is 631 Å². The van der Waals surface area contributed by atoms with E-state index in [4.69, 9.17) is 15.0 Å². The number of hydrogen-bond donors (Lipinski definition) is 3. The third-order valence-electron chi connectivity index (χ3n) is 19.8. The summed E-state index contributed by atoms with van der Waals surface area (Å²) in [6, 6.07) is 38.3. The third kappa shape index (κ3) is 16.1. The van der Waals surface area contributed by atoms with E-state index in [0.29, 0.717) is 66.9 Å². The molecule has 109 heavy (non-hydrogen) atoms. The van der Waals surface area contributed by atoms with E-state index in [1.807, 2.05) is 125 Å². The highest BCUT2D eigenvalue weighted by atomic mass is 16.2. The lowest BCUT2D eigenvalue weighted by Crippen LogP contribution is -2.39. The number of nitrogens with zero attached hydrogens (tertiary/aromatic N) is 15. The van der Waals surface area contributed by atoms with Crippen LogP contribution in [0.25, 0.3) is 50.3 Å². The van der Waals surface area contributed by atoms with Crippen LogP contribution < -0.4 is 16.0 Å². The largest absolute Gasteiger partial charge is 0.338 e. The van der Waals surface area contributed by atoms with Crippen LogP contribution in [0, 0.1) is 65.2 Å². The Kier molecular flexibility index (Phi) is 22.4. The molecular weight excluding hydrogens is 1370 g/mol. The van der Waals surface area contributed by atoms with Gasteiger partial charge in [0.2, 0.25) is 5.91 Å². The van der Waals surface area contributed by atoms with E-state index < -0.39 is 0 Å². The zero-order valence-corrected chi connectivity index (χ0v) is 62.0. The van der Waals surface area contributed by atoms with Crippen molar-refractivity contribution < 1.29 is 28.8 Å². The van der Waals surface area contributed by atoms with Gasteiger partial charge in [-0.3, -0.25) is 56.9 Å². The molecule has 9 aromatic heterocycles. The molecular formula is C85H82N18O6. The second-order valence-corrected chi connectivity index (χ2v) is 27.1. The first-order valence-corrected chi connectivity index (χ1v) is 36.2. The van der Waals surface area contributed by atoms with Gasteiger partial charge in [-0.15, -0.1) is 0 Å². The maximum absolute atomic E-state index is 12.7. The Morgan fingerprint density at radius 1 is 0.413 bits per heavy atom. The summed E-state index contributed by atoms with van der Waals surface area (Å²) in [6.45, 7) is 22.9. The number of amides is 6. The number of aryl methyl sites for hydroxylation is 6. The molecule has 6 amide bonds. The monoisotopic (exact) mass is 1450 g/mol. The lowest BCUT2D eigenvalue weighted by molar-refractivity contribution is -0.127. The molecule has 0 radical (unpaired) electrons. The SMILES string of the molecule is C=CC(=O)N1CCC[C@@H](c2nc(-c3ccc(C(=O)Nc4ccccn4)cc3)c3c(C)ncc(C)n23)C1.CC#CC(=O)N1CCC[C@@H](c2nc(-c3ccc(C(=O)Nc4ccccn4)cc3)c3c(C)ncc(C)n23)C1.CC#CC(=O)N1CC[C@@H](c2nc(-c3ccc(C(=O)Nc4ccccn4)cc3)c3c(C)ncc(C)n23)C1. The van der Waals surface area contributed by atoms with E-state index in [0.717, 1.165) is 141 Å². The Morgan fingerprint density at radius 3 is 1.06 bits per heavy atom. The molecule has 15 rings (SSSR count). The molecule has 0 aliphatic carbocycles. The molecule has 3 saturated heterocycles. The van der Waals surface area contributed by atoms with Gasteiger partial charge in [0.15, 0.2) is 0 Å². The predicted molar refractivity (Wildman–Crippen MR) is 418 cm³/mol. The van der Waals surface area contributed by atoms with Crippen LogP contribution in [0.2, 0.25) is 0 Å². The number of likely N-dealkylation sites (tertiary alicyclic amines) is 3. The highest BCUT2D eigenvalue weighted by Gasteiger charge is 2.34. The Balaban J connectivity index is 0.000000144. The lowest BCUT2D eigenvalue weighted by atomic mass is 9.97. The molecule has 0 unspecified atom stereocenters. The second kappa shape index (κ2) is 33.0. The first kappa shape index (κ1) is 73.9. The number of carbonyl (C=O) groups is 6. The van der Waals surface area contributed by atoms with Crippen molar-refractivity contribution in [2.24, 2.45) is 0 Å². The van der Waals surface area contributed by atoms with Gasteiger partial charge >= 0.3 is 0 Å². The van der Waals surface area contributed by atoms with Gasteiger partial charge in [-0.05, 0) is 178 Å². The number of aromatic nitrogens is 12. The van der Waals surface area contributed by atoms with Crippen LogP contribution in [-0.2, 0) is 14.4 Å². The number of anilines is 3. The van der Waals surface area contributed by atoms with E-state index in [1.54, 1.807) is 110 Å². The first-order chi connectivity index (χ1) is 52.9. The van der Waals surface area contributed by atoms with Gasteiger partial charge < -0.3 is 30.7 Å². The molecule has 3 aromatic carbocycles. The fourth-order valence-electron chi connectivity index (χ4n) is 14.4. The van der Waals surface area contributed by atoms with Crippen molar-refractivity contribution >= 4 is 69.4 Å². The third-order valence-corrected chi connectivity index (χ3v) is 19.8. The topological polar surface area (TPSA) is 277 Å². The molecule has 548 valence electrons. The summed E-state index contributed by atoms with van der Waals surface area (Å²) in [4.78, 5) is 122. The number of hydrogen-bond acceptors (Lipinski definition) is 15. The van der Waals surface area contributed by atoms with E-state index >= 15 is 0 Å². The zero-order valence-electron chi connectivity index (χ0n) is 62.0. The van der Waals surface area contributed by atoms with Gasteiger partial charge in [0.1, 0.15) is 34.9 Å². The number of fused-ring (bicyclic) bond motifs is 3. The van der Waals surface area contributed by atoms with Crippen LogP contribution >= 0.6 is 0 Å². The van der Waals surface area contributed by atoms with Crippen LogP contribution in [0.4, 0.5) is 17.5 Å². The summed E-state index contributed by atoms with van der Waals surface area (Å²) in [7, 11) is 0. The van der Waals surface area contributed by atoms with E-state index in [-0.39, 0.29) is 53.2 Å². The van der Waals surface area contributed by atoms with Crippen molar-refractivity contribution in [1.29, 1.82) is 0 Å². The number of rotatable bonds is 13. The van der Waals surface area contributed by atoms with Gasteiger partial charge in [0.25, 0.3) is 29.5 Å². The van der Waals surface area contributed by atoms with Crippen LogP contribution in [0.3, 0.4) is 0 Å². The molecule has 0 bridgehead atoms. The summed E-state index contributed by atoms with van der Waals surface area (Å²) >= 11 is 0. The Hall–Kier alpha value is -13.4. The lowest BCUT2D eigenvalue weighted by Gasteiger charge is -2.31. The fraction of sp³-hybridized carbons (Fsp3) is 0.259. The first-order valence-electron chi connectivity index (χ1n) is 36.2. The Bertz CT molecular complexity index is 5580. The minimum Gasteiger partial charge on any atom is -0.338 e. The molecule has 12 heterocycles. The van der Waals surface area contributed by atoms with Crippen molar-refractivity contribution in [3.63, 3.8) is 0 Å². The molecule has 3 N–H and O–H groups in total. The standard InChI is InChI=1S/C29H28N6O2.C28H28N6O2.C28H26N6O2/c1-4-8-25(36)34-16-7-9-23(18-34)28-33-26(27-20(3)31-17-19(2)35(27)28)21-11-13-22(14-12-21)29(37)32-24-10-5-6-15-30-24;1-4-24(35)33-15-7-8-22(17-33)27-32-25(26-19(3)30-16-18(2)34(26)27)20-10-12-21(13-11-20)28(36)31-23-9-5-6-14-29-23;1-4-7-24(35)33-15-13-22(17-33)27-32-25(26-19(3)30-16-18(2)34(26)27)20-9-11-21(12-10-20)28(36)31-23-8-5-6-14-29-23/h5-6,10-15,17,23H,7,9,16,18H2,1-3H3,(H,30,32,37);4-6,9-14,16,22H,1,7-8,15,17H2,2-3H3,(H,29,31,36);5-6,8-12,14,16,22H,13,15,17H2,1-3H3,(H,29,31,36)/t23-;2*22-/m111/s1. The summed E-state index contributed by atoms with van der Waals surface area (Å²) in [5.74, 6) is 14.3. The molecule has 3 aliphatic rings. The number of imidazole rings is 3. The average molecular weight is 1450 g/mol. The number of piperidine rings is 2. The molecule has 24 nitrogen and oxygen atoms in total. The highest BCUT2D eigenvalue weighted by Crippen LogP contribution is 2.38. The van der Waals surface area contributed by atoms with E-state index in [2.05, 4.69) is 89.3 Å². The molecule has 0 spiro atoms. The number of pyridine rings is 3. The summed E-state index contributed by atoms with van der Waals surface area (Å²) in [6.07, 6.45) is 16.4. The van der Waals surface area contributed by atoms with Gasteiger partial charge in [-0.25, -0.2) is 29.9 Å². The van der Waals surface area contributed by atoms with Crippen LogP contribution in [-0.4, -0.2) is 147 Å². The summed E-state index contributed by atoms with van der Waals surface area (Å²) in [5, 5.41) is 8.43. The van der Waals surface area contributed by atoms with Crippen LogP contribution in [0.5, 0.6) is 0 Å². The second-order valence-electron chi connectivity index (χ2n) is 27.1. The van der Waals surface area contributed by atoms with Gasteiger partial charge in [0.05, 0.1) is 50.7 Å². The Morgan fingerprint density at radius 2 is 0.734 bits per heavy atom. The smallest absolute Gasteiger partial charge is 0.298 e. The van der Waals surface area contributed by atoms with Crippen molar-refractivity contribution in [3.05, 3.63) is 246 Å². The number of carbonyl (C=O) groups excluding carboxylic acids is 6. The van der Waals surface area contributed by atoms with E-state index in [1.165, 1.54) is 6.08 Å². The van der Waals surface area contributed by atoms with E-state index in [9.17, 15) is 28.8 Å². The van der Waals surface area contributed by atoms with Gasteiger partial charge in [-0.1, -0.05) is 73.0 Å². The zero-order chi connectivity index (χ0) is 76.4. The summed E-state index contributed by atoms with van der Waals surface area (Å²) in [5.41, 5.74) is 15.1. The highest BCUT2D eigenvalue weighted by molar-refractivity contribution is 6.06. The van der Waals surface area contributed by atoms with Crippen molar-refractivity contribution in [2.75, 3.05) is 55.2 Å². The van der Waals surface area contributed by atoms with Crippen molar-refractivity contribution in [1.82, 2.24) is 72.8 Å². The molecule has 24 heteroatoms. The van der Waals surface area contributed by atoms with Crippen molar-refractivity contribution in [3.8, 4) is 57.5 Å². The maximum Gasteiger partial charge on any atom is 0.298 e. The minimum atomic E-state index is -0.227. The van der Waals surface area contributed by atoms with Gasteiger partial charge in [-0.2, -0.15) is 0 Å². The van der Waals surface area contributed by atoms with Crippen molar-refractivity contribution in [2.45, 2.75) is 105 Å². The quantitative estimate of drug-likeness (QED) is 0.0715. The fourth-order valence-corrected chi connectivity index (χ4v) is 14.4. The van der Waals surface area contributed by atoms with Crippen LogP contribution in [0.15, 0.2) is 177 Å². The molecule has 12 aromatic rings. The minimum absolute atomic E-state index is 0.0464. The molecule has 3 atom stereocenters. The molecule has 3 fully saturated rings. The molecule has 3 aliphatic heterocycles. The predicted octanol–water partition coefficient (Wildman–Crippen LogP) is 12.9. The molecule has 0 saturated carbocycles. The normalized spacial score (nSPS) is 15.3. The number of benzene rings is 3. The maximum atomic E-state index is 12.7. The van der Waals surface area contributed by atoms with Gasteiger partial charge in [0, 0.05) is 145 Å². The summed E-state index contributed by atoms with van der Waals surface area (Å²) < 4.78 is 6.50.